The summed E-state index contributed by atoms with van der Waals surface area (Å²) in [4.78, 5) is 0. The Morgan fingerprint density at radius 3 is 2.28 bits per heavy atom. The fraction of sp³-hybridized carbons (Fsp3) is 0.143. The predicted molar refractivity (Wildman–Crippen MR) is 65.0 cm³/mol. The fourth-order valence-electron chi connectivity index (χ4n) is 1.52. The second-order valence-electron chi connectivity index (χ2n) is 3.88. The van der Waals surface area contributed by atoms with E-state index in [0.717, 1.165) is 29.3 Å². The summed E-state index contributed by atoms with van der Waals surface area (Å²) in [7, 11) is 0. The highest BCUT2D eigenvalue weighted by Crippen LogP contribution is 2.19. The van der Waals surface area contributed by atoms with Crippen molar-refractivity contribution < 1.29 is 13.5 Å². The van der Waals surface area contributed by atoms with Gasteiger partial charge in [-0.2, -0.15) is 0 Å². The molecule has 0 spiro atoms. The molecule has 0 radical (unpaired) electrons. The molecule has 0 aromatic heterocycles. The zero-order valence-corrected chi connectivity index (χ0v) is 9.70. The summed E-state index contributed by atoms with van der Waals surface area (Å²) in [6.45, 7) is 0.658. The zero-order valence-electron chi connectivity index (χ0n) is 9.70. The quantitative estimate of drug-likeness (QED) is 0.904. The van der Waals surface area contributed by atoms with E-state index in [9.17, 15) is 8.78 Å². The van der Waals surface area contributed by atoms with Crippen LogP contribution >= 0.6 is 0 Å². The molecule has 0 amide bonds. The van der Waals surface area contributed by atoms with E-state index in [2.05, 4.69) is 0 Å². The fourth-order valence-corrected chi connectivity index (χ4v) is 1.52. The normalized spacial score (nSPS) is 10.4. The Kier molecular flexibility index (Phi) is 3.89. The van der Waals surface area contributed by atoms with Crippen LogP contribution in [0.3, 0.4) is 0 Å². The van der Waals surface area contributed by atoms with Gasteiger partial charge in [0.25, 0.3) is 0 Å². The Hall–Kier alpha value is -1.94. The van der Waals surface area contributed by atoms with Gasteiger partial charge < -0.3 is 10.5 Å². The topological polar surface area (TPSA) is 35.2 Å². The Labute approximate surface area is 104 Å². The van der Waals surface area contributed by atoms with E-state index >= 15 is 0 Å². The van der Waals surface area contributed by atoms with Crippen LogP contribution in [0.1, 0.15) is 11.1 Å². The van der Waals surface area contributed by atoms with Crippen LogP contribution in [0, 0.1) is 11.6 Å². The molecule has 2 aromatic carbocycles. The molecule has 0 bridgehead atoms. The van der Waals surface area contributed by atoms with Gasteiger partial charge >= 0.3 is 0 Å². The van der Waals surface area contributed by atoms with E-state index in [0.29, 0.717) is 6.54 Å². The first-order valence-electron chi connectivity index (χ1n) is 5.55. The smallest absolute Gasteiger partial charge is 0.165 e. The molecule has 2 N–H and O–H groups in total. The van der Waals surface area contributed by atoms with Crippen LogP contribution in [0.15, 0.2) is 42.5 Å². The highest BCUT2D eigenvalue weighted by atomic mass is 19.1. The Balaban J connectivity index is 2.04. The molecule has 0 unspecified atom stereocenters. The maximum atomic E-state index is 13.3. The maximum Gasteiger partial charge on any atom is 0.165 e. The number of nitrogens with two attached hydrogens (primary N) is 1. The molecule has 0 heterocycles. The van der Waals surface area contributed by atoms with E-state index in [1.807, 2.05) is 24.3 Å². The van der Waals surface area contributed by atoms with Gasteiger partial charge in [0.05, 0.1) is 0 Å². The lowest BCUT2D eigenvalue weighted by molar-refractivity contribution is 0.288. The Bertz CT molecular complexity index is 526. The maximum absolute atomic E-state index is 13.3. The molecule has 2 nitrogen and oxygen atoms in total. The average molecular weight is 249 g/mol. The summed E-state index contributed by atoms with van der Waals surface area (Å²) < 4.78 is 31.4. The molecule has 2 aromatic rings. The van der Waals surface area contributed by atoms with Gasteiger partial charge in [0, 0.05) is 12.6 Å². The summed E-state index contributed by atoms with van der Waals surface area (Å²) in [5.41, 5.74) is 7.36. The van der Waals surface area contributed by atoms with Crippen molar-refractivity contribution in [3.8, 4) is 5.75 Å². The van der Waals surface area contributed by atoms with Crippen LogP contribution in [-0.4, -0.2) is 0 Å². The van der Waals surface area contributed by atoms with Crippen molar-refractivity contribution in [1.29, 1.82) is 0 Å². The van der Waals surface area contributed by atoms with E-state index in [1.54, 1.807) is 0 Å². The average Bonchev–Trinajstić information content (AvgIpc) is 2.40. The Morgan fingerprint density at radius 1 is 0.944 bits per heavy atom. The van der Waals surface area contributed by atoms with Gasteiger partial charge in [0.2, 0.25) is 0 Å². The van der Waals surface area contributed by atoms with E-state index in [1.165, 1.54) is 0 Å². The summed E-state index contributed by atoms with van der Waals surface area (Å²) in [6, 6.07) is 10.6. The van der Waals surface area contributed by atoms with Crippen LogP contribution in [0.25, 0.3) is 0 Å². The van der Waals surface area contributed by atoms with Crippen molar-refractivity contribution in [2.24, 2.45) is 5.73 Å². The molecule has 4 heteroatoms. The van der Waals surface area contributed by atoms with Gasteiger partial charge in [-0.05, 0) is 23.3 Å². The third-order valence-corrected chi connectivity index (χ3v) is 2.55. The summed E-state index contributed by atoms with van der Waals surface area (Å²) >= 11 is 0. The summed E-state index contributed by atoms with van der Waals surface area (Å²) in [5.74, 6) is -1.18. The SMILES string of the molecule is NCc1ccc(COc2cc(F)ccc2F)cc1. The van der Waals surface area contributed by atoms with E-state index in [4.69, 9.17) is 10.5 Å². The molecule has 2 rings (SSSR count). The first-order valence-corrected chi connectivity index (χ1v) is 5.55. The highest BCUT2D eigenvalue weighted by Gasteiger charge is 2.05. The minimum Gasteiger partial charge on any atom is -0.486 e. The minimum atomic E-state index is -0.574. The lowest BCUT2D eigenvalue weighted by atomic mass is 10.1. The molecule has 0 saturated carbocycles. The number of hydrogen-bond acceptors (Lipinski definition) is 2. The molecule has 0 saturated heterocycles. The number of hydrogen-bond donors (Lipinski definition) is 1. The van der Waals surface area contributed by atoms with E-state index < -0.39 is 11.6 Å². The molecule has 18 heavy (non-hydrogen) atoms. The van der Waals surface area contributed by atoms with Crippen molar-refractivity contribution in [2.75, 3.05) is 0 Å². The Morgan fingerprint density at radius 2 is 1.61 bits per heavy atom. The van der Waals surface area contributed by atoms with Crippen LogP contribution in [0.5, 0.6) is 5.75 Å². The molecule has 94 valence electrons. The predicted octanol–water partition coefficient (Wildman–Crippen LogP) is 3.00. The molecule has 0 aliphatic rings. The summed E-state index contributed by atoms with van der Waals surface area (Å²) in [5, 5.41) is 0. The van der Waals surface area contributed by atoms with Crippen LogP contribution in [-0.2, 0) is 13.2 Å². The number of benzene rings is 2. The van der Waals surface area contributed by atoms with Gasteiger partial charge in [-0.25, -0.2) is 8.78 Å². The van der Waals surface area contributed by atoms with Crippen molar-refractivity contribution >= 4 is 0 Å². The van der Waals surface area contributed by atoms with E-state index in [-0.39, 0.29) is 12.4 Å². The molecule has 0 atom stereocenters. The number of rotatable bonds is 4. The first-order chi connectivity index (χ1) is 8.69. The van der Waals surface area contributed by atoms with Gasteiger partial charge in [0.15, 0.2) is 11.6 Å². The standard InChI is InChI=1S/C14H13F2NO/c15-12-5-6-13(16)14(7-12)18-9-11-3-1-10(8-17)2-4-11/h1-7H,8-9,17H2. The van der Waals surface area contributed by atoms with Gasteiger partial charge in [0.1, 0.15) is 12.4 Å². The van der Waals surface area contributed by atoms with Gasteiger partial charge in [-0.3, -0.25) is 0 Å². The zero-order chi connectivity index (χ0) is 13.0. The molecular weight excluding hydrogens is 236 g/mol. The second-order valence-corrected chi connectivity index (χ2v) is 3.88. The third-order valence-electron chi connectivity index (χ3n) is 2.55. The monoisotopic (exact) mass is 249 g/mol. The highest BCUT2D eigenvalue weighted by molar-refractivity contribution is 5.26. The lowest BCUT2D eigenvalue weighted by Gasteiger charge is -2.07. The lowest BCUT2D eigenvalue weighted by Crippen LogP contribution is -2.00. The van der Waals surface area contributed by atoms with Crippen molar-refractivity contribution in [3.63, 3.8) is 0 Å². The molecular formula is C14H13F2NO. The molecule has 0 aliphatic carbocycles. The van der Waals surface area contributed by atoms with Crippen LogP contribution < -0.4 is 10.5 Å². The van der Waals surface area contributed by atoms with Crippen molar-refractivity contribution in [2.45, 2.75) is 13.2 Å². The van der Waals surface area contributed by atoms with Crippen molar-refractivity contribution in [1.82, 2.24) is 0 Å². The van der Waals surface area contributed by atoms with Gasteiger partial charge in [-0.15, -0.1) is 0 Å². The minimum absolute atomic E-state index is 0.0853. The van der Waals surface area contributed by atoms with Crippen LogP contribution in [0.4, 0.5) is 8.78 Å². The van der Waals surface area contributed by atoms with Crippen LogP contribution in [0.2, 0.25) is 0 Å². The second kappa shape index (κ2) is 5.60. The largest absolute Gasteiger partial charge is 0.486 e. The molecule has 0 aliphatic heterocycles. The first kappa shape index (κ1) is 12.5. The van der Waals surface area contributed by atoms with Crippen molar-refractivity contribution in [3.05, 3.63) is 65.2 Å². The molecule has 0 fully saturated rings. The number of halogens is 2. The number of ether oxygens (including phenoxy) is 1. The summed E-state index contributed by atoms with van der Waals surface area (Å²) in [6.07, 6.45) is 0. The van der Waals surface area contributed by atoms with Gasteiger partial charge in [-0.1, -0.05) is 24.3 Å². The third kappa shape index (κ3) is 3.05.